The van der Waals surface area contributed by atoms with E-state index in [1.807, 2.05) is 18.3 Å². The Morgan fingerprint density at radius 2 is 1.72 bits per heavy atom. The molecule has 0 fully saturated rings. The summed E-state index contributed by atoms with van der Waals surface area (Å²) in [6.45, 7) is 1.55. The number of halogens is 5. The van der Waals surface area contributed by atoms with E-state index in [-0.39, 0.29) is 24.8 Å². The Kier molecular flexibility index (Phi) is 7.03. The van der Waals surface area contributed by atoms with Crippen molar-refractivity contribution in [2.24, 2.45) is 18.7 Å². The van der Waals surface area contributed by atoms with E-state index in [0.29, 0.717) is 23.7 Å². The fourth-order valence-corrected chi connectivity index (χ4v) is 3.53. The van der Waals surface area contributed by atoms with E-state index in [9.17, 15) is 13.2 Å². The van der Waals surface area contributed by atoms with Crippen LogP contribution >= 0.6 is 24.8 Å². The van der Waals surface area contributed by atoms with Gasteiger partial charge in [0.25, 0.3) is 0 Å². The minimum atomic E-state index is -4.42. The highest BCUT2D eigenvalue weighted by molar-refractivity contribution is 5.85. The number of benzene rings is 1. The summed E-state index contributed by atoms with van der Waals surface area (Å²) in [7, 11) is 1.30. The van der Waals surface area contributed by atoms with Crippen LogP contribution in [0.25, 0.3) is 22.5 Å². The summed E-state index contributed by atoms with van der Waals surface area (Å²) in [6, 6.07) is 8.35. The Hall–Kier alpha value is -2.03. The highest BCUT2D eigenvalue weighted by Crippen LogP contribution is 2.32. The smallest absolute Gasteiger partial charge is 0.334 e. The number of rotatable bonds is 3. The molecule has 1 aliphatic heterocycles. The van der Waals surface area contributed by atoms with Crippen LogP contribution in [0.1, 0.15) is 17.9 Å². The first-order chi connectivity index (χ1) is 12.8. The molecule has 0 bridgehead atoms. The van der Waals surface area contributed by atoms with Gasteiger partial charge in [0.1, 0.15) is 11.5 Å². The fraction of sp³-hybridized carbons (Fsp3) is 0.368. The van der Waals surface area contributed by atoms with Crippen molar-refractivity contribution >= 4 is 24.8 Å². The molecule has 158 valence electrons. The number of nitrogens with zero attached hydrogens (tertiary/aromatic N) is 4. The number of hydrogen-bond acceptors (Lipinski definition) is 3. The van der Waals surface area contributed by atoms with Crippen LogP contribution in [0, 0.1) is 5.92 Å². The van der Waals surface area contributed by atoms with Crippen molar-refractivity contribution in [3.05, 3.63) is 48.0 Å². The molecular weight excluding hydrogens is 426 g/mol. The zero-order valence-corrected chi connectivity index (χ0v) is 17.3. The number of hydrogen-bond donors (Lipinski definition) is 1. The van der Waals surface area contributed by atoms with E-state index in [0.717, 1.165) is 47.2 Å². The molecule has 0 aliphatic carbocycles. The van der Waals surface area contributed by atoms with Gasteiger partial charge in [-0.25, -0.2) is 4.98 Å². The number of fused-ring (bicyclic) bond motifs is 1. The number of aryl methyl sites for hydroxylation is 2. The Labute approximate surface area is 178 Å². The SMILES string of the molecule is Cl.Cl.Cn1nc(-c2ccc(-c3cn4c(n3)CCC(CN)C4)cc2)cc1C(F)(F)F. The van der Waals surface area contributed by atoms with Gasteiger partial charge in [0.2, 0.25) is 0 Å². The van der Waals surface area contributed by atoms with Crippen LogP contribution in [0.2, 0.25) is 0 Å². The van der Waals surface area contributed by atoms with Gasteiger partial charge in [0.15, 0.2) is 0 Å². The predicted molar refractivity (Wildman–Crippen MR) is 110 cm³/mol. The molecule has 5 nitrogen and oxygen atoms in total. The van der Waals surface area contributed by atoms with Gasteiger partial charge in [-0.15, -0.1) is 24.8 Å². The Bertz CT molecular complexity index is 963. The Morgan fingerprint density at radius 1 is 1.10 bits per heavy atom. The van der Waals surface area contributed by atoms with Crippen LogP contribution in [0.4, 0.5) is 13.2 Å². The minimum absolute atomic E-state index is 0. The van der Waals surface area contributed by atoms with Gasteiger partial charge in [-0.3, -0.25) is 4.68 Å². The van der Waals surface area contributed by atoms with Gasteiger partial charge in [0, 0.05) is 37.3 Å². The van der Waals surface area contributed by atoms with Crippen molar-refractivity contribution in [1.82, 2.24) is 19.3 Å². The molecule has 0 saturated carbocycles. The summed E-state index contributed by atoms with van der Waals surface area (Å²) >= 11 is 0. The zero-order chi connectivity index (χ0) is 19.2. The molecule has 1 aromatic carbocycles. The first-order valence-corrected chi connectivity index (χ1v) is 8.83. The van der Waals surface area contributed by atoms with Gasteiger partial charge < -0.3 is 10.3 Å². The lowest BCUT2D eigenvalue weighted by molar-refractivity contribution is -0.143. The lowest BCUT2D eigenvalue weighted by Gasteiger charge is -2.21. The lowest BCUT2D eigenvalue weighted by atomic mass is 10.00. The molecule has 1 unspecified atom stereocenters. The second-order valence-electron chi connectivity index (χ2n) is 6.95. The molecular formula is C19H22Cl2F3N5. The van der Waals surface area contributed by atoms with Crippen molar-refractivity contribution in [2.45, 2.75) is 25.6 Å². The highest BCUT2D eigenvalue weighted by Gasteiger charge is 2.35. The zero-order valence-electron chi connectivity index (χ0n) is 15.7. The van der Waals surface area contributed by atoms with Crippen LogP contribution in [0.5, 0.6) is 0 Å². The maximum Gasteiger partial charge on any atom is 0.433 e. The normalized spacial score (nSPS) is 16.0. The van der Waals surface area contributed by atoms with Crippen molar-refractivity contribution in [2.75, 3.05) is 6.54 Å². The molecule has 0 radical (unpaired) electrons. The van der Waals surface area contributed by atoms with Gasteiger partial charge in [-0.2, -0.15) is 18.3 Å². The van der Waals surface area contributed by atoms with E-state index in [2.05, 4.69) is 9.67 Å². The topological polar surface area (TPSA) is 61.7 Å². The molecule has 4 rings (SSSR count). The molecule has 0 spiro atoms. The molecule has 10 heteroatoms. The molecule has 3 aromatic rings. The van der Waals surface area contributed by atoms with E-state index in [4.69, 9.17) is 10.7 Å². The van der Waals surface area contributed by atoms with Crippen molar-refractivity contribution < 1.29 is 13.2 Å². The first kappa shape index (κ1) is 23.3. The van der Waals surface area contributed by atoms with Crippen LogP contribution < -0.4 is 5.73 Å². The number of aromatic nitrogens is 4. The van der Waals surface area contributed by atoms with E-state index < -0.39 is 11.9 Å². The summed E-state index contributed by atoms with van der Waals surface area (Å²) in [4.78, 5) is 4.70. The third-order valence-electron chi connectivity index (χ3n) is 5.07. The van der Waals surface area contributed by atoms with Gasteiger partial charge in [0.05, 0.1) is 11.4 Å². The largest absolute Gasteiger partial charge is 0.433 e. The quantitative estimate of drug-likeness (QED) is 0.649. The minimum Gasteiger partial charge on any atom is -0.334 e. The summed E-state index contributed by atoms with van der Waals surface area (Å²) in [6.07, 6.45) is -0.438. The molecule has 0 saturated heterocycles. The Balaban J connectivity index is 0.00000150. The number of alkyl halides is 3. The number of imidazole rings is 1. The summed E-state index contributed by atoms with van der Waals surface area (Å²) < 4.78 is 41.9. The van der Waals surface area contributed by atoms with Gasteiger partial charge in [-0.1, -0.05) is 24.3 Å². The van der Waals surface area contributed by atoms with E-state index >= 15 is 0 Å². The van der Waals surface area contributed by atoms with Gasteiger partial charge in [-0.05, 0) is 24.9 Å². The average molecular weight is 448 g/mol. The van der Waals surface area contributed by atoms with Crippen molar-refractivity contribution in [1.29, 1.82) is 0 Å². The molecule has 1 aliphatic rings. The predicted octanol–water partition coefficient (Wildman–Crippen LogP) is 4.33. The third-order valence-corrected chi connectivity index (χ3v) is 5.07. The fourth-order valence-electron chi connectivity index (χ4n) is 3.53. The maximum absolute atomic E-state index is 12.9. The first-order valence-electron chi connectivity index (χ1n) is 8.83. The summed E-state index contributed by atoms with van der Waals surface area (Å²) in [5.41, 5.74) is 7.74. The van der Waals surface area contributed by atoms with Crippen molar-refractivity contribution in [3.8, 4) is 22.5 Å². The van der Waals surface area contributed by atoms with Crippen LogP contribution in [0.15, 0.2) is 36.5 Å². The van der Waals surface area contributed by atoms with E-state index in [1.165, 1.54) is 7.05 Å². The molecule has 0 amide bonds. The molecule has 29 heavy (non-hydrogen) atoms. The summed E-state index contributed by atoms with van der Waals surface area (Å²) in [5.74, 6) is 1.53. The summed E-state index contributed by atoms with van der Waals surface area (Å²) in [5, 5.41) is 3.99. The molecule has 1 atom stereocenters. The van der Waals surface area contributed by atoms with Crippen LogP contribution in [0.3, 0.4) is 0 Å². The highest BCUT2D eigenvalue weighted by atomic mass is 35.5. The number of nitrogens with two attached hydrogens (primary N) is 1. The second-order valence-corrected chi connectivity index (χ2v) is 6.95. The van der Waals surface area contributed by atoms with Crippen LogP contribution in [-0.2, 0) is 26.2 Å². The monoisotopic (exact) mass is 447 g/mol. The van der Waals surface area contributed by atoms with Crippen LogP contribution in [-0.4, -0.2) is 25.9 Å². The Morgan fingerprint density at radius 3 is 2.28 bits per heavy atom. The van der Waals surface area contributed by atoms with Gasteiger partial charge >= 0.3 is 6.18 Å². The van der Waals surface area contributed by atoms with Crippen molar-refractivity contribution in [3.63, 3.8) is 0 Å². The maximum atomic E-state index is 12.9. The van der Waals surface area contributed by atoms with E-state index in [1.54, 1.807) is 12.1 Å². The third kappa shape index (κ3) is 4.60. The average Bonchev–Trinajstić information content (AvgIpc) is 3.24. The lowest BCUT2D eigenvalue weighted by Crippen LogP contribution is -2.25. The molecule has 2 N–H and O–H groups in total. The second kappa shape index (κ2) is 8.77. The molecule has 2 aromatic heterocycles. The molecule has 3 heterocycles. The standard InChI is InChI=1S/C19H20F3N5.2ClH/c1-26-17(19(20,21)22)8-15(25-26)13-3-5-14(6-4-13)16-11-27-10-12(9-23)2-7-18(27)24-16;;/h3-6,8,11-12H,2,7,9-10,23H2,1H3;2*1H.